The highest BCUT2D eigenvalue weighted by Gasteiger charge is 2.19. The molecule has 6 heteroatoms. The summed E-state index contributed by atoms with van der Waals surface area (Å²) in [5, 5.41) is 6.15. The number of ether oxygens (including phenoxy) is 1. The first kappa shape index (κ1) is 10.3. The maximum Gasteiger partial charge on any atom is 0.226 e. The highest BCUT2D eigenvalue weighted by molar-refractivity contribution is 5.23. The van der Waals surface area contributed by atoms with Crippen molar-refractivity contribution >= 4 is 5.95 Å². The maximum atomic E-state index is 5.58. The number of morpholine rings is 1. The maximum absolute atomic E-state index is 5.58. The van der Waals surface area contributed by atoms with Gasteiger partial charge in [0, 0.05) is 20.1 Å². The van der Waals surface area contributed by atoms with E-state index in [1.54, 1.807) is 7.05 Å². The SMILES string of the molecule is CNc1nc(C)nc(C2CNCCO2)n1. The standard InChI is InChI=1S/C9H15N5O/c1-6-12-8(14-9(10-2)13-6)7-5-11-3-4-15-7/h7,11H,3-5H2,1-2H3,(H,10,12,13,14). The second kappa shape index (κ2) is 4.50. The Morgan fingerprint density at radius 3 is 2.93 bits per heavy atom. The topological polar surface area (TPSA) is 72.0 Å². The van der Waals surface area contributed by atoms with E-state index in [0.717, 1.165) is 13.1 Å². The van der Waals surface area contributed by atoms with Gasteiger partial charge in [0.15, 0.2) is 5.82 Å². The van der Waals surface area contributed by atoms with Crippen LogP contribution >= 0.6 is 0 Å². The number of aryl methyl sites for hydroxylation is 1. The Hall–Kier alpha value is -1.27. The molecule has 0 aromatic carbocycles. The third-order valence-electron chi connectivity index (χ3n) is 2.20. The minimum Gasteiger partial charge on any atom is -0.368 e. The van der Waals surface area contributed by atoms with Gasteiger partial charge in [-0.15, -0.1) is 0 Å². The molecule has 1 aromatic heterocycles. The number of hydrogen-bond acceptors (Lipinski definition) is 6. The Morgan fingerprint density at radius 1 is 1.40 bits per heavy atom. The lowest BCUT2D eigenvalue weighted by molar-refractivity contribution is 0.0219. The van der Waals surface area contributed by atoms with E-state index in [9.17, 15) is 0 Å². The first-order chi connectivity index (χ1) is 7.29. The molecule has 0 aliphatic carbocycles. The lowest BCUT2D eigenvalue weighted by atomic mass is 10.3. The van der Waals surface area contributed by atoms with Crippen molar-refractivity contribution in [3.63, 3.8) is 0 Å². The number of aromatic nitrogens is 3. The van der Waals surface area contributed by atoms with Crippen molar-refractivity contribution in [2.75, 3.05) is 32.1 Å². The van der Waals surface area contributed by atoms with Crippen molar-refractivity contribution < 1.29 is 4.74 Å². The molecule has 1 aromatic rings. The summed E-state index contributed by atoms with van der Waals surface area (Å²) < 4.78 is 5.58. The molecule has 2 N–H and O–H groups in total. The van der Waals surface area contributed by atoms with Gasteiger partial charge in [-0.1, -0.05) is 0 Å². The molecule has 1 aliphatic rings. The third-order valence-corrected chi connectivity index (χ3v) is 2.20. The largest absolute Gasteiger partial charge is 0.368 e. The van der Waals surface area contributed by atoms with Crippen LogP contribution in [0.4, 0.5) is 5.95 Å². The fourth-order valence-electron chi connectivity index (χ4n) is 1.49. The summed E-state index contributed by atoms with van der Waals surface area (Å²) in [7, 11) is 1.79. The van der Waals surface area contributed by atoms with Crippen LogP contribution in [-0.2, 0) is 4.74 Å². The van der Waals surface area contributed by atoms with Crippen LogP contribution in [0.5, 0.6) is 0 Å². The molecule has 1 saturated heterocycles. The van der Waals surface area contributed by atoms with Gasteiger partial charge in [-0.3, -0.25) is 0 Å². The molecule has 1 unspecified atom stereocenters. The Balaban J connectivity index is 2.22. The minimum atomic E-state index is -0.0625. The van der Waals surface area contributed by atoms with E-state index in [1.165, 1.54) is 0 Å². The van der Waals surface area contributed by atoms with Crippen LogP contribution in [-0.4, -0.2) is 41.7 Å². The summed E-state index contributed by atoms with van der Waals surface area (Å²) in [5.74, 6) is 1.99. The minimum absolute atomic E-state index is 0.0625. The van der Waals surface area contributed by atoms with Crippen molar-refractivity contribution in [3.05, 3.63) is 11.6 Å². The van der Waals surface area contributed by atoms with Crippen molar-refractivity contribution in [2.24, 2.45) is 0 Å². The normalized spacial score (nSPS) is 21.3. The molecule has 6 nitrogen and oxygen atoms in total. The Morgan fingerprint density at radius 2 is 2.27 bits per heavy atom. The number of rotatable bonds is 2. The zero-order valence-corrected chi connectivity index (χ0v) is 8.95. The molecule has 0 saturated carbocycles. The number of hydrogen-bond donors (Lipinski definition) is 2. The molecule has 2 rings (SSSR count). The fourth-order valence-corrected chi connectivity index (χ4v) is 1.49. The van der Waals surface area contributed by atoms with Gasteiger partial charge in [-0.2, -0.15) is 9.97 Å². The van der Waals surface area contributed by atoms with E-state index in [1.807, 2.05) is 6.92 Å². The molecule has 0 bridgehead atoms. The van der Waals surface area contributed by atoms with Crippen LogP contribution < -0.4 is 10.6 Å². The summed E-state index contributed by atoms with van der Waals surface area (Å²) in [6.07, 6.45) is -0.0625. The Labute approximate surface area is 88.5 Å². The second-order valence-corrected chi connectivity index (χ2v) is 3.38. The lowest BCUT2D eigenvalue weighted by Gasteiger charge is -2.22. The van der Waals surface area contributed by atoms with Gasteiger partial charge in [0.1, 0.15) is 11.9 Å². The van der Waals surface area contributed by atoms with Gasteiger partial charge in [-0.25, -0.2) is 4.98 Å². The Bertz CT molecular complexity index is 337. The number of anilines is 1. The summed E-state index contributed by atoms with van der Waals surface area (Å²) in [6, 6.07) is 0. The molecular formula is C9H15N5O. The van der Waals surface area contributed by atoms with Crippen molar-refractivity contribution in [1.29, 1.82) is 0 Å². The average molecular weight is 209 g/mol. The predicted molar refractivity (Wildman–Crippen MR) is 55.7 cm³/mol. The van der Waals surface area contributed by atoms with Crippen molar-refractivity contribution in [1.82, 2.24) is 20.3 Å². The first-order valence-corrected chi connectivity index (χ1v) is 5.02. The van der Waals surface area contributed by atoms with Gasteiger partial charge in [0.25, 0.3) is 0 Å². The fraction of sp³-hybridized carbons (Fsp3) is 0.667. The van der Waals surface area contributed by atoms with Crippen LogP contribution in [0.15, 0.2) is 0 Å². The molecule has 1 atom stereocenters. The highest BCUT2D eigenvalue weighted by atomic mass is 16.5. The lowest BCUT2D eigenvalue weighted by Crippen LogP contribution is -2.34. The highest BCUT2D eigenvalue weighted by Crippen LogP contribution is 2.15. The molecule has 0 radical (unpaired) electrons. The Kier molecular flexibility index (Phi) is 3.08. The van der Waals surface area contributed by atoms with E-state index in [4.69, 9.17) is 4.74 Å². The summed E-state index contributed by atoms with van der Waals surface area (Å²) in [5.41, 5.74) is 0. The van der Waals surface area contributed by atoms with Crippen molar-refractivity contribution in [3.8, 4) is 0 Å². The third kappa shape index (κ3) is 2.40. The van der Waals surface area contributed by atoms with E-state index in [0.29, 0.717) is 24.2 Å². The van der Waals surface area contributed by atoms with E-state index in [2.05, 4.69) is 25.6 Å². The zero-order chi connectivity index (χ0) is 10.7. The molecule has 82 valence electrons. The van der Waals surface area contributed by atoms with Gasteiger partial charge in [0.05, 0.1) is 6.61 Å². The smallest absolute Gasteiger partial charge is 0.226 e. The van der Waals surface area contributed by atoms with Gasteiger partial charge < -0.3 is 15.4 Å². The van der Waals surface area contributed by atoms with E-state index < -0.39 is 0 Å². The molecule has 15 heavy (non-hydrogen) atoms. The summed E-state index contributed by atoms with van der Waals surface area (Å²) >= 11 is 0. The van der Waals surface area contributed by atoms with Crippen molar-refractivity contribution in [2.45, 2.75) is 13.0 Å². The monoisotopic (exact) mass is 209 g/mol. The first-order valence-electron chi connectivity index (χ1n) is 5.02. The predicted octanol–water partition coefficient (Wildman–Crippen LogP) is -0.117. The molecule has 1 fully saturated rings. The van der Waals surface area contributed by atoms with Gasteiger partial charge >= 0.3 is 0 Å². The van der Waals surface area contributed by atoms with E-state index >= 15 is 0 Å². The molecular weight excluding hydrogens is 194 g/mol. The molecule has 1 aliphatic heterocycles. The van der Waals surface area contributed by atoms with Crippen LogP contribution in [0.1, 0.15) is 17.8 Å². The molecule has 0 amide bonds. The van der Waals surface area contributed by atoms with Crippen LogP contribution in [0.3, 0.4) is 0 Å². The second-order valence-electron chi connectivity index (χ2n) is 3.38. The van der Waals surface area contributed by atoms with Crippen LogP contribution in [0, 0.1) is 6.92 Å². The quantitative estimate of drug-likeness (QED) is 0.707. The average Bonchev–Trinajstić information content (AvgIpc) is 2.29. The number of nitrogens with zero attached hydrogens (tertiary/aromatic N) is 3. The molecule has 0 spiro atoms. The molecule has 2 heterocycles. The van der Waals surface area contributed by atoms with Crippen LogP contribution in [0.25, 0.3) is 0 Å². The summed E-state index contributed by atoms with van der Waals surface area (Å²) in [4.78, 5) is 12.7. The van der Waals surface area contributed by atoms with Gasteiger partial charge in [-0.05, 0) is 6.92 Å². The number of nitrogens with one attached hydrogen (secondary N) is 2. The van der Waals surface area contributed by atoms with Crippen LogP contribution in [0.2, 0.25) is 0 Å². The van der Waals surface area contributed by atoms with Gasteiger partial charge in [0.2, 0.25) is 5.95 Å². The summed E-state index contributed by atoms with van der Waals surface area (Å²) in [6.45, 7) is 4.19. The zero-order valence-electron chi connectivity index (χ0n) is 8.95. The van der Waals surface area contributed by atoms with E-state index in [-0.39, 0.29) is 6.10 Å².